The van der Waals surface area contributed by atoms with E-state index in [1.807, 2.05) is 0 Å². The average Bonchev–Trinajstić information content (AvgIpc) is 3.12. The number of H-pyrrole nitrogens is 1. The van der Waals surface area contributed by atoms with Gasteiger partial charge >= 0.3 is 6.61 Å². The first-order chi connectivity index (χ1) is 13.5. The molecule has 6 nitrogen and oxygen atoms in total. The zero-order chi connectivity index (χ0) is 19.9. The molecular formula is C19H23F3N4O2. The molecule has 0 atom stereocenters. The number of aromatic nitrogens is 2. The van der Waals surface area contributed by atoms with Crippen LogP contribution in [0, 0.1) is 5.82 Å². The number of ether oxygens (including phenoxy) is 1. The van der Waals surface area contributed by atoms with Gasteiger partial charge in [0.15, 0.2) is 11.6 Å². The summed E-state index contributed by atoms with van der Waals surface area (Å²) < 4.78 is 42.3. The summed E-state index contributed by atoms with van der Waals surface area (Å²) in [6.07, 6.45) is 4.91. The first-order valence-corrected chi connectivity index (χ1v) is 9.33. The second-order valence-corrected chi connectivity index (χ2v) is 6.74. The van der Waals surface area contributed by atoms with E-state index in [1.165, 1.54) is 25.3 Å². The monoisotopic (exact) mass is 396 g/mol. The van der Waals surface area contributed by atoms with Crippen LogP contribution in [0.3, 0.4) is 0 Å². The zero-order valence-corrected chi connectivity index (χ0v) is 15.4. The van der Waals surface area contributed by atoms with Crippen LogP contribution in [0.15, 0.2) is 24.3 Å². The Morgan fingerprint density at radius 3 is 2.75 bits per heavy atom. The Bertz CT molecular complexity index is 791. The van der Waals surface area contributed by atoms with Crippen molar-refractivity contribution in [2.45, 2.75) is 38.7 Å². The van der Waals surface area contributed by atoms with E-state index >= 15 is 0 Å². The molecule has 1 aromatic heterocycles. The van der Waals surface area contributed by atoms with Crippen molar-refractivity contribution in [2.24, 2.45) is 0 Å². The Kier molecular flexibility index (Phi) is 6.91. The van der Waals surface area contributed by atoms with Gasteiger partial charge in [0.05, 0.1) is 5.69 Å². The number of carbonyl (C=O) groups excluding carboxylic acids is 1. The molecule has 0 unspecified atom stereocenters. The molecule has 1 amide bonds. The van der Waals surface area contributed by atoms with Gasteiger partial charge in [-0.05, 0) is 57.1 Å². The minimum atomic E-state index is -3.09. The maximum Gasteiger partial charge on any atom is 0.387 e. The van der Waals surface area contributed by atoms with Crippen molar-refractivity contribution in [3.05, 3.63) is 30.1 Å². The number of hydrogen-bond acceptors (Lipinski definition) is 4. The number of rotatable bonds is 8. The summed E-state index contributed by atoms with van der Waals surface area (Å²) >= 11 is 0. The van der Waals surface area contributed by atoms with Gasteiger partial charge in [0.1, 0.15) is 5.82 Å². The van der Waals surface area contributed by atoms with E-state index in [4.69, 9.17) is 0 Å². The number of halogens is 3. The van der Waals surface area contributed by atoms with Gasteiger partial charge in [-0.15, -0.1) is 0 Å². The van der Waals surface area contributed by atoms with Crippen LogP contribution in [0.4, 0.5) is 19.0 Å². The molecule has 0 radical (unpaired) electrons. The minimum absolute atomic E-state index is 0.126. The summed E-state index contributed by atoms with van der Waals surface area (Å²) in [5.74, 6) is -1.18. The van der Waals surface area contributed by atoms with Gasteiger partial charge in [-0.1, -0.05) is 6.42 Å². The lowest BCUT2D eigenvalue weighted by atomic mass is 10.1. The number of benzene rings is 1. The second kappa shape index (κ2) is 9.59. The highest BCUT2D eigenvalue weighted by molar-refractivity contribution is 5.90. The fraction of sp³-hybridized carbons (Fsp3) is 0.474. The van der Waals surface area contributed by atoms with Crippen LogP contribution in [0.2, 0.25) is 0 Å². The predicted octanol–water partition coefficient (Wildman–Crippen LogP) is 4.02. The first-order valence-electron chi connectivity index (χ1n) is 9.33. The van der Waals surface area contributed by atoms with Gasteiger partial charge in [-0.25, -0.2) is 4.39 Å². The van der Waals surface area contributed by atoms with Crippen LogP contribution in [0.5, 0.6) is 5.75 Å². The summed E-state index contributed by atoms with van der Waals surface area (Å²) in [6, 6.07) is 5.15. The van der Waals surface area contributed by atoms with E-state index in [9.17, 15) is 18.0 Å². The third kappa shape index (κ3) is 5.72. The molecule has 1 saturated heterocycles. The number of piperidine rings is 1. The minimum Gasteiger partial charge on any atom is -0.432 e. The number of alkyl halides is 2. The number of amides is 1. The van der Waals surface area contributed by atoms with Crippen molar-refractivity contribution >= 4 is 11.7 Å². The molecule has 2 aromatic rings. The fourth-order valence-corrected chi connectivity index (χ4v) is 3.24. The molecule has 28 heavy (non-hydrogen) atoms. The third-order valence-electron chi connectivity index (χ3n) is 4.62. The van der Waals surface area contributed by atoms with Gasteiger partial charge < -0.3 is 15.0 Å². The standard InChI is InChI=1S/C19H23F3N4O2/c20-14-11-13(6-7-16(14)28-19(21)22)15-12-17(25-24-15)23-18(27)5-4-10-26-8-2-1-3-9-26/h6-7,11-12,19H,1-5,8-10H2,(H2,23,24,25,27). The van der Waals surface area contributed by atoms with Crippen LogP contribution in [0.25, 0.3) is 11.3 Å². The molecule has 152 valence electrons. The number of aromatic amines is 1. The number of nitrogens with zero attached hydrogens (tertiary/aromatic N) is 2. The summed E-state index contributed by atoms with van der Waals surface area (Å²) in [5.41, 5.74) is 0.757. The number of likely N-dealkylation sites (tertiary alicyclic amines) is 1. The Balaban J connectivity index is 1.50. The topological polar surface area (TPSA) is 70.2 Å². The van der Waals surface area contributed by atoms with Crippen molar-refractivity contribution < 1.29 is 22.7 Å². The lowest BCUT2D eigenvalue weighted by Crippen LogP contribution is -2.31. The van der Waals surface area contributed by atoms with Gasteiger partial charge in [0.25, 0.3) is 0 Å². The van der Waals surface area contributed by atoms with Crippen LogP contribution < -0.4 is 10.1 Å². The second-order valence-electron chi connectivity index (χ2n) is 6.74. The SMILES string of the molecule is O=C(CCCN1CCCCC1)Nc1cc(-c2ccc(OC(F)F)c(F)c2)n[nH]1. The van der Waals surface area contributed by atoms with Crippen LogP contribution in [0.1, 0.15) is 32.1 Å². The lowest BCUT2D eigenvalue weighted by molar-refractivity contribution is -0.116. The Labute approximate surface area is 161 Å². The molecule has 0 saturated carbocycles. The summed E-state index contributed by atoms with van der Waals surface area (Å²) in [7, 11) is 0. The normalized spacial score (nSPS) is 15.0. The van der Waals surface area contributed by atoms with E-state index < -0.39 is 18.2 Å². The molecule has 3 rings (SSSR count). The highest BCUT2D eigenvalue weighted by Crippen LogP contribution is 2.26. The smallest absolute Gasteiger partial charge is 0.387 e. The third-order valence-corrected chi connectivity index (χ3v) is 4.62. The van der Waals surface area contributed by atoms with E-state index in [1.54, 1.807) is 6.07 Å². The number of anilines is 1. The van der Waals surface area contributed by atoms with Crippen LogP contribution in [-0.4, -0.2) is 47.3 Å². The Hall–Kier alpha value is -2.55. The van der Waals surface area contributed by atoms with Gasteiger partial charge in [-0.2, -0.15) is 13.9 Å². The largest absolute Gasteiger partial charge is 0.432 e. The van der Waals surface area contributed by atoms with Crippen molar-refractivity contribution in [2.75, 3.05) is 25.0 Å². The molecule has 2 heterocycles. The van der Waals surface area contributed by atoms with Crippen molar-refractivity contribution in [1.82, 2.24) is 15.1 Å². The molecular weight excluding hydrogens is 373 g/mol. The Morgan fingerprint density at radius 1 is 1.25 bits per heavy atom. The molecule has 9 heteroatoms. The number of hydrogen-bond donors (Lipinski definition) is 2. The lowest BCUT2D eigenvalue weighted by Gasteiger charge is -2.26. The molecule has 2 N–H and O–H groups in total. The number of carbonyl (C=O) groups is 1. The zero-order valence-electron chi connectivity index (χ0n) is 15.4. The van der Waals surface area contributed by atoms with Crippen molar-refractivity contribution in [3.63, 3.8) is 0 Å². The highest BCUT2D eigenvalue weighted by atomic mass is 19.3. The highest BCUT2D eigenvalue weighted by Gasteiger charge is 2.14. The summed E-state index contributed by atoms with van der Waals surface area (Å²) in [4.78, 5) is 14.5. The van der Waals surface area contributed by atoms with E-state index in [0.29, 0.717) is 23.5 Å². The first kappa shape index (κ1) is 20.2. The van der Waals surface area contributed by atoms with E-state index in [0.717, 1.165) is 38.2 Å². The van der Waals surface area contributed by atoms with Crippen LogP contribution >= 0.6 is 0 Å². The quantitative estimate of drug-likeness (QED) is 0.707. The van der Waals surface area contributed by atoms with Crippen molar-refractivity contribution in [1.29, 1.82) is 0 Å². The number of nitrogens with one attached hydrogen (secondary N) is 2. The molecule has 1 fully saturated rings. The average molecular weight is 396 g/mol. The molecule has 1 aromatic carbocycles. The van der Waals surface area contributed by atoms with Crippen molar-refractivity contribution in [3.8, 4) is 17.0 Å². The molecule has 1 aliphatic rings. The van der Waals surface area contributed by atoms with E-state index in [-0.39, 0.29) is 5.91 Å². The fourth-order valence-electron chi connectivity index (χ4n) is 3.24. The van der Waals surface area contributed by atoms with Crippen LogP contribution in [-0.2, 0) is 4.79 Å². The Morgan fingerprint density at radius 2 is 2.04 bits per heavy atom. The maximum absolute atomic E-state index is 13.8. The molecule has 0 aliphatic carbocycles. The summed E-state index contributed by atoms with van der Waals surface area (Å²) in [6.45, 7) is 0.0166. The van der Waals surface area contributed by atoms with Gasteiger partial charge in [-0.3, -0.25) is 9.89 Å². The van der Waals surface area contributed by atoms with Gasteiger partial charge in [0.2, 0.25) is 5.91 Å². The predicted molar refractivity (Wildman–Crippen MR) is 98.8 cm³/mol. The van der Waals surface area contributed by atoms with E-state index in [2.05, 4.69) is 25.2 Å². The molecule has 0 bridgehead atoms. The van der Waals surface area contributed by atoms with Gasteiger partial charge in [0, 0.05) is 18.1 Å². The molecule has 0 spiro atoms. The summed E-state index contributed by atoms with van der Waals surface area (Å²) in [5, 5.41) is 9.43. The molecule has 1 aliphatic heterocycles. The maximum atomic E-state index is 13.8.